The van der Waals surface area contributed by atoms with E-state index < -0.39 is 21.5 Å². The molecule has 0 aliphatic rings. The van der Waals surface area contributed by atoms with Gasteiger partial charge in [0, 0.05) is 25.2 Å². The van der Waals surface area contributed by atoms with Gasteiger partial charge in [-0.25, -0.2) is 17.2 Å². The smallest absolute Gasteiger partial charge is 0.149 e. The van der Waals surface area contributed by atoms with Gasteiger partial charge in [0.05, 0.1) is 5.75 Å². The number of alkyl halides is 1. The lowest BCUT2D eigenvalue weighted by Gasteiger charge is -2.20. The number of hydrogen-bond donors (Lipinski definition) is 0. The summed E-state index contributed by atoms with van der Waals surface area (Å²) >= 11 is 3.12. The number of hydrogen-bond acceptors (Lipinski definition) is 3. The molecule has 0 radical (unpaired) electrons. The predicted octanol–water partition coefficient (Wildman–Crippen LogP) is 2.34. The number of sulfone groups is 1. The summed E-state index contributed by atoms with van der Waals surface area (Å²) in [4.78, 5) is 1.27. The molecule has 0 N–H and O–H groups in total. The maximum Gasteiger partial charge on any atom is 0.149 e. The minimum absolute atomic E-state index is 0.0420. The summed E-state index contributed by atoms with van der Waals surface area (Å²) in [7, 11) is -1.70. The van der Waals surface area contributed by atoms with Gasteiger partial charge in [-0.1, -0.05) is 15.9 Å². The lowest BCUT2D eigenvalue weighted by Crippen LogP contribution is -2.26. The van der Waals surface area contributed by atoms with E-state index in [2.05, 4.69) is 15.9 Å². The van der Waals surface area contributed by atoms with Crippen LogP contribution in [0.25, 0.3) is 0 Å². The Labute approximate surface area is 114 Å². The zero-order valence-electron chi connectivity index (χ0n) is 10.1. The first-order chi connectivity index (χ1) is 8.24. The van der Waals surface area contributed by atoms with E-state index in [4.69, 9.17) is 0 Å². The van der Waals surface area contributed by atoms with Gasteiger partial charge in [0.15, 0.2) is 0 Å². The van der Waals surface area contributed by atoms with Gasteiger partial charge in [0.2, 0.25) is 0 Å². The Hall–Kier alpha value is -0.690. The van der Waals surface area contributed by atoms with Gasteiger partial charge in [-0.2, -0.15) is 0 Å². The molecule has 0 fully saturated rings. The summed E-state index contributed by atoms with van der Waals surface area (Å²) in [5.74, 6) is -1.54. The lowest BCUT2D eigenvalue weighted by atomic mass is 10.2. The highest BCUT2D eigenvalue weighted by Crippen LogP contribution is 2.24. The van der Waals surface area contributed by atoms with Crippen molar-refractivity contribution in [3.63, 3.8) is 0 Å². The van der Waals surface area contributed by atoms with Crippen LogP contribution in [0.15, 0.2) is 12.1 Å². The summed E-state index contributed by atoms with van der Waals surface area (Å²) < 4.78 is 49.5. The van der Waals surface area contributed by atoms with Crippen LogP contribution in [0, 0.1) is 11.6 Å². The molecule has 0 aliphatic carbocycles. The lowest BCUT2D eigenvalue weighted by molar-refractivity contribution is 0.574. The highest BCUT2D eigenvalue weighted by molar-refractivity contribution is 9.08. The fraction of sp³-hybridized carbons (Fsp3) is 0.455. The third-order valence-corrected chi connectivity index (χ3v) is 3.98. The van der Waals surface area contributed by atoms with Crippen LogP contribution in [-0.2, 0) is 15.2 Å². The predicted molar refractivity (Wildman–Crippen MR) is 72.0 cm³/mol. The largest absolute Gasteiger partial charge is 0.369 e. The van der Waals surface area contributed by atoms with Crippen LogP contribution in [0.1, 0.15) is 5.56 Å². The molecular weight excluding hydrogens is 328 g/mol. The van der Waals surface area contributed by atoms with Crippen molar-refractivity contribution in [1.82, 2.24) is 0 Å². The van der Waals surface area contributed by atoms with E-state index in [1.165, 1.54) is 24.1 Å². The van der Waals surface area contributed by atoms with Crippen molar-refractivity contribution in [3.8, 4) is 0 Å². The van der Waals surface area contributed by atoms with E-state index in [9.17, 15) is 17.2 Å². The molecular formula is C11H14BrF2NO2S. The number of nitrogens with zero attached hydrogens (tertiary/aromatic N) is 1. The van der Waals surface area contributed by atoms with Crippen LogP contribution in [-0.4, -0.2) is 34.0 Å². The maximum absolute atomic E-state index is 13.7. The molecule has 3 nitrogen and oxygen atoms in total. The molecule has 1 rings (SSSR count). The Balaban J connectivity index is 2.95. The standard InChI is InChI=1S/C11H14BrF2NO2S/c1-15(3-4-18(2,16)17)11-9(13)5-8(7-12)6-10(11)14/h5-6H,3-4,7H2,1-2H3. The van der Waals surface area contributed by atoms with E-state index in [1.54, 1.807) is 0 Å². The van der Waals surface area contributed by atoms with Gasteiger partial charge in [-0.3, -0.25) is 0 Å². The van der Waals surface area contributed by atoms with Crippen molar-refractivity contribution in [3.05, 3.63) is 29.3 Å². The summed E-state index contributed by atoms with van der Waals surface area (Å²) in [5.41, 5.74) is 0.286. The molecule has 0 aliphatic heterocycles. The van der Waals surface area contributed by atoms with E-state index in [1.807, 2.05) is 0 Å². The topological polar surface area (TPSA) is 37.4 Å². The molecule has 0 atom stereocenters. The van der Waals surface area contributed by atoms with E-state index in [0.29, 0.717) is 10.9 Å². The highest BCUT2D eigenvalue weighted by Gasteiger charge is 2.16. The van der Waals surface area contributed by atoms with E-state index >= 15 is 0 Å². The van der Waals surface area contributed by atoms with Crippen molar-refractivity contribution in [2.75, 3.05) is 30.5 Å². The normalized spacial score (nSPS) is 11.6. The Morgan fingerprint density at radius 1 is 1.28 bits per heavy atom. The average molecular weight is 342 g/mol. The van der Waals surface area contributed by atoms with Gasteiger partial charge < -0.3 is 4.90 Å². The summed E-state index contributed by atoms with van der Waals surface area (Å²) in [6, 6.07) is 2.45. The van der Waals surface area contributed by atoms with Crippen molar-refractivity contribution in [2.24, 2.45) is 0 Å². The van der Waals surface area contributed by atoms with Crippen LogP contribution >= 0.6 is 15.9 Å². The number of halogens is 3. The number of anilines is 1. The zero-order chi connectivity index (χ0) is 13.9. The molecule has 0 amide bonds. The second-order valence-corrected chi connectivity index (χ2v) is 6.91. The molecule has 1 aromatic carbocycles. The highest BCUT2D eigenvalue weighted by atomic mass is 79.9. The summed E-state index contributed by atoms with van der Waals surface area (Å²) in [6.45, 7) is 0.0420. The number of benzene rings is 1. The molecule has 7 heteroatoms. The van der Waals surface area contributed by atoms with Crippen molar-refractivity contribution in [1.29, 1.82) is 0 Å². The maximum atomic E-state index is 13.7. The van der Waals surface area contributed by atoms with Crippen LogP contribution in [0.2, 0.25) is 0 Å². The Bertz CT molecular complexity index is 511. The molecule has 18 heavy (non-hydrogen) atoms. The molecule has 1 aromatic rings. The quantitative estimate of drug-likeness (QED) is 0.771. The van der Waals surface area contributed by atoms with E-state index in [-0.39, 0.29) is 18.0 Å². The first-order valence-electron chi connectivity index (χ1n) is 5.17. The van der Waals surface area contributed by atoms with Gasteiger partial charge in [-0.05, 0) is 17.7 Å². The number of rotatable bonds is 5. The molecule has 0 unspecified atom stereocenters. The average Bonchev–Trinajstić information content (AvgIpc) is 2.24. The Kier molecular flexibility index (Phi) is 5.10. The second-order valence-electron chi connectivity index (χ2n) is 4.09. The molecule has 0 spiro atoms. The van der Waals surface area contributed by atoms with Crippen molar-refractivity contribution in [2.45, 2.75) is 5.33 Å². The summed E-state index contributed by atoms with van der Waals surface area (Å²) in [6.07, 6.45) is 1.08. The summed E-state index contributed by atoms with van der Waals surface area (Å²) in [5, 5.41) is 0.355. The molecule has 0 saturated heterocycles. The third kappa shape index (κ3) is 4.20. The van der Waals surface area contributed by atoms with Gasteiger partial charge in [-0.15, -0.1) is 0 Å². The SMILES string of the molecule is CN(CCS(C)(=O)=O)c1c(F)cc(CBr)cc1F. The fourth-order valence-corrected chi connectivity index (χ4v) is 2.40. The van der Waals surface area contributed by atoms with Crippen LogP contribution in [0.3, 0.4) is 0 Å². The third-order valence-electron chi connectivity index (χ3n) is 2.41. The minimum atomic E-state index is -3.16. The van der Waals surface area contributed by atoms with Gasteiger partial charge >= 0.3 is 0 Å². The molecule has 0 saturated carbocycles. The Morgan fingerprint density at radius 2 is 1.78 bits per heavy atom. The molecule has 0 heterocycles. The first-order valence-corrected chi connectivity index (χ1v) is 8.35. The Morgan fingerprint density at radius 3 is 2.17 bits per heavy atom. The van der Waals surface area contributed by atoms with Crippen molar-refractivity contribution >= 4 is 31.5 Å². The zero-order valence-corrected chi connectivity index (χ0v) is 12.5. The molecule has 102 valence electrons. The monoisotopic (exact) mass is 341 g/mol. The van der Waals surface area contributed by atoms with Crippen molar-refractivity contribution < 1.29 is 17.2 Å². The van der Waals surface area contributed by atoms with Gasteiger partial charge in [0.1, 0.15) is 27.2 Å². The first kappa shape index (κ1) is 15.4. The fourth-order valence-electron chi connectivity index (χ4n) is 1.47. The van der Waals surface area contributed by atoms with Crippen LogP contribution < -0.4 is 4.90 Å². The van der Waals surface area contributed by atoms with Crippen LogP contribution in [0.4, 0.5) is 14.5 Å². The second kappa shape index (κ2) is 5.97. The van der Waals surface area contributed by atoms with Crippen LogP contribution in [0.5, 0.6) is 0 Å². The molecule has 0 aromatic heterocycles. The van der Waals surface area contributed by atoms with E-state index in [0.717, 1.165) is 6.26 Å². The van der Waals surface area contributed by atoms with Gasteiger partial charge in [0.25, 0.3) is 0 Å². The minimum Gasteiger partial charge on any atom is -0.369 e. The molecule has 0 bridgehead atoms.